The van der Waals surface area contributed by atoms with Crippen LogP contribution in [0.3, 0.4) is 0 Å². The molecule has 0 fully saturated rings. The zero-order chi connectivity index (χ0) is 15.0. The molecule has 0 radical (unpaired) electrons. The summed E-state index contributed by atoms with van der Waals surface area (Å²) in [6, 6.07) is 4.46. The highest BCUT2D eigenvalue weighted by Gasteiger charge is 2.20. The molecule has 0 heterocycles. The first kappa shape index (κ1) is 16.2. The van der Waals surface area contributed by atoms with Gasteiger partial charge in [0.05, 0.1) is 25.1 Å². The molecule has 0 aliphatic heterocycles. The third-order valence-electron chi connectivity index (χ3n) is 2.77. The van der Waals surface area contributed by atoms with Crippen LogP contribution >= 0.6 is 58.0 Å². The number of halogens is 6. The molecule has 0 aromatic heterocycles. The first-order valence-corrected chi connectivity index (χ1v) is 7.27. The summed E-state index contributed by atoms with van der Waals surface area (Å²) in [5.74, 6) is -0.459. The Morgan fingerprint density at radius 2 is 1.35 bits per heavy atom. The van der Waals surface area contributed by atoms with Crippen LogP contribution in [0.2, 0.25) is 25.1 Å². The predicted molar refractivity (Wildman–Crippen MR) is 84.8 cm³/mol. The highest BCUT2D eigenvalue weighted by atomic mass is 35.5. The largest absolute Gasteiger partial charge is 0.326 e. The third kappa shape index (κ3) is 2.74. The fourth-order valence-electron chi connectivity index (χ4n) is 1.73. The van der Waals surface area contributed by atoms with Crippen molar-refractivity contribution in [1.82, 2.24) is 0 Å². The van der Waals surface area contributed by atoms with Crippen molar-refractivity contribution in [2.45, 2.75) is 6.54 Å². The number of nitrogens with two attached hydrogens (primary N) is 1. The molecule has 2 rings (SSSR count). The first-order chi connectivity index (χ1) is 9.38. The molecule has 0 saturated carbocycles. The van der Waals surface area contributed by atoms with Gasteiger partial charge in [0.15, 0.2) is 0 Å². The van der Waals surface area contributed by atoms with Gasteiger partial charge in [-0.1, -0.05) is 70.1 Å². The number of hydrogen-bond donors (Lipinski definition) is 1. The lowest BCUT2D eigenvalue weighted by Crippen LogP contribution is -1.99. The van der Waals surface area contributed by atoms with Crippen LogP contribution in [0.25, 0.3) is 11.1 Å². The summed E-state index contributed by atoms with van der Waals surface area (Å²) in [5, 5.41) is 0.435. The summed E-state index contributed by atoms with van der Waals surface area (Å²) < 4.78 is 13.8. The lowest BCUT2D eigenvalue weighted by Gasteiger charge is -2.13. The van der Waals surface area contributed by atoms with Crippen LogP contribution in [0, 0.1) is 5.82 Å². The van der Waals surface area contributed by atoms with Crippen molar-refractivity contribution in [3.8, 4) is 11.1 Å². The minimum Gasteiger partial charge on any atom is -0.326 e. The van der Waals surface area contributed by atoms with E-state index < -0.39 is 5.82 Å². The van der Waals surface area contributed by atoms with E-state index in [1.807, 2.05) is 0 Å². The minimum atomic E-state index is -0.459. The molecule has 0 atom stereocenters. The first-order valence-electron chi connectivity index (χ1n) is 5.38. The van der Waals surface area contributed by atoms with Crippen LogP contribution in [-0.2, 0) is 6.54 Å². The van der Waals surface area contributed by atoms with Gasteiger partial charge in [-0.05, 0) is 11.6 Å². The van der Waals surface area contributed by atoms with Crippen molar-refractivity contribution in [3.63, 3.8) is 0 Å². The maximum atomic E-state index is 13.8. The Labute approximate surface area is 140 Å². The molecular weight excluding hydrogens is 366 g/mol. The van der Waals surface area contributed by atoms with E-state index in [2.05, 4.69) is 0 Å². The summed E-state index contributed by atoms with van der Waals surface area (Å²) in [7, 11) is 0. The van der Waals surface area contributed by atoms with Crippen molar-refractivity contribution < 1.29 is 4.39 Å². The van der Waals surface area contributed by atoms with E-state index in [0.29, 0.717) is 16.7 Å². The summed E-state index contributed by atoms with van der Waals surface area (Å²) in [4.78, 5) is 0. The van der Waals surface area contributed by atoms with Gasteiger partial charge in [0.1, 0.15) is 5.82 Å². The van der Waals surface area contributed by atoms with E-state index in [1.54, 1.807) is 12.1 Å². The van der Waals surface area contributed by atoms with E-state index in [1.165, 1.54) is 6.07 Å². The van der Waals surface area contributed by atoms with Crippen molar-refractivity contribution in [2.75, 3.05) is 0 Å². The Morgan fingerprint density at radius 1 is 0.850 bits per heavy atom. The van der Waals surface area contributed by atoms with Crippen molar-refractivity contribution >= 4 is 58.0 Å². The van der Waals surface area contributed by atoms with Gasteiger partial charge in [0.25, 0.3) is 0 Å². The summed E-state index contributed by atoms with van der Waals surface area (Å²) in [6.45, 7) is 0.0930. The van der Waals surface area contributed by atoms with Crippen LogP contribution < -0.4 is 5.73 Å². The van der Waals surface area contributed by atoms with Gasteiger partial charge in [-0.3, -0.25) is 0 Å². The Hall–Kier alpha value is -0.220. The number of hydrogen-bond acceptors (Lipinski definition) is 1. The fraction of sp³-hybridized carbons (Fsp3) is 0.0769. The highest BCUT2D eigenvalue weighted by molar-refractivity contribution is 6.56. The maximum absolute atomic E-state index is 13.8. The van der Waals surface area contributed by atoms with Crippen molar-refractivity contribution in [1.29, 1.82) is 0 Å². The van der Waals surface area contributed by atoms with Gasteiger partial charge in [-0.25, -0.2) is 4.39 Å². The quantitative estimate of drug-likeness (QED) is 0.491. The van der Waals surface area contributed by atoms with E-state index >= 15 is 0 Å². The molecule has 20 heavy (non-hydrogen) atoms. The van der Waals surface area contributed by atoms with E-state index in [-0.39, 0.29) is 31.7 Å². The van der Waals surface area contributed by atoms with Crippen LogP contribution in [0.4, 0.5) is 4.39 Å². The zero-order valence-electron chi connectivity index (χ0n) is 9.78. The standard InChI is InChI=1S/C13H7Cl5FN/c14-9-8(10(15)12(17)13(18)11(9)16)5-1-2-6(4-20)7(19)3-5/h1-3H,4,20H2. The van der Waals surface area contributed by atoms with E-state index in [9.17, 15) is 4.39 Å². The van der Waals surface area contributed by atoms with Gasteiger partial charge in [0, 0.05) is 17.7 Å². The Kier molecular flexibility index (Phi) is 5.06. The van der Waals surface area contributed by atoms with E-state index in [4.69, 9.17) is 63.7 Å². The molecule has 0 aliphatic carbocycles. The number of rotatable bonds is 2. The molecule has 2 aromatic carbocycles. The normalized spacial score (nSPS) is 10.9. The molecule has 1 nitrogen and oxygen atoms in total. The predicted octanol–water partition coefficient (Wildman–Crippen LogP) is 6.22. The summed E-state index contributed by atoms with van der Waals surface area (Å²) >= 11 is 30.1. The molecule has 2 N–H and O–H groups in total. The molecule has 0 spiro atoms. The molecular formula is C13H7Cl5FN. The second-order valence-electron chi connectivity index (χ2n) is 3.96. The summed E-state index contributed by atoms with van der Waals surface area (Å²) in [5.41, 5.74) is 6.57. The average Bonchev–Trinajstić information content (AvgIpc) is 2.43. The molecule has 106 valence electrons. The van der Waals surface area contributed by atoms with Gasteiger partial charge in [0.2, 0.25) is 0 Å². The molecule has 2 aromatic rings. The van der Waals surface area contributed by atoms with Crippen LogP contribution in [0.5, 0.6) is 0 Å². The Balaban J connectivity index is 2.73. The summed E-state index contributed by atoms with van der Waals surface area (Å²) in [6.07, 6.45) is 0. The topological polar surface area (TPSA) is 26.0 Å². The Morgan fingerprint density at radius 3 is 1.80 bits per heavy atom. The van der Waals surface area contributed by atoms with Gasteiger partial charge in [-0.2, -0.15) is 0 Å². The van der Waals surface area contributed by atoms with Crippen LogP contribution in [-0.4, -0.2) is 0 Å². The van der Waals surface area contributed by atoms with Crippen molar-refractivity contribution in [3.05, 3.63) is 54.7 Å². The second-order valence-corrected chi connectivity index (χ2v) is 5.85. The smallest absolute Gasteiger partial charge is 0.128 e. The van der Waals surface area contributed by atoms with E-state index in [0.717, 1.165) is 0 Å². The lowest BCUT2D eigenvalue weighted by molar-refractivity contribution is 0.611. The average molecular weight is 373 g/mol. The second kappa shape index (κ2) is 6.27. The van der Waals surface area contributed by atoms with Gasteiger partial charge < -0.3 is 5.73 Å². The molecule has 0 amide bonds. The maximum Gasteiger partial charge on any atom is 0.128 e. The Bertz CT molecular complexity index is 658. The monoisotopic (exact) mass is 371 g/mol. The lowest BCUT2D eigenvalue weighted by atomic mass is 10.0. The molecule has 0 saturated heterocycles. The zero-order valence-corrected chi connectivity index (χ0v) is 13.6. The van der Waals surface area contributed by atoms with Gasteiger partial charge in [-0.15, -0.1) is 0 Å². The van der Waals surface area contributed by atoms with Gasteiger partial charge >= 0.3 is 0 Å². The minimum absolute atomic E-state index is 0.0612. The molecule has 0 unspecified atom stereocenters. The SMILES string of the molecule is NCc1ccc(-c2c(Cl)c(Cl)c(Cl)c(Cl)c2Cl)cc1F. The number of benzene rings is 2. The third-order valence-corrected chi connectivity index (χ3v) is 5.05. The molecule has 0 bridgehead atoms. The molecule has 7 heteroatoms. The fourth-order valence-corrected chi connectivity index (χ4v) is 3.08. The highest BCUT2D eigenvalue weighted by Crippen LogP contribution is 2.48. The van der Waals surface area contributed by atoms with Crippen molar-refractivity contribution in [2.24, 2.45) is 5.73 Å². The molecule has 0 aliphatic rings. The van der Waals surface area contributed by atoms with Crippen LogP contribution in [0.15, 0.2) is 18.2 Å². The van der Waals surface area contributed by atoms with Crippen LogP contribution in [0.1, 0.15) is 5.56 Å².